The number of methoxy groups -OCH3 is 1. The van der Waals surface area contributed by atoms with E-state index in [1.807, 2.05) is 24.2 Å². The molecule has 1 spiro atoms. The third kappa shape index (κ3) is 4.18. The van der Waals surface area contributed by atoms with Crippen LogP contribution in [-0.4, -0.2) is 66.0 Å². The van der Waals surface area contributed by atoms with Crippen molar-refractivity contribution in [1.82, 2.24) is 14.4 Å². The number of amides is 1. The third-order valence-electron chi connectivity index (χ3n) is 5.95. The number of carbonyl (C=O) groups is 2. The Labute approximate surface area is 156 Å². The van der Waals surface area contributed by atoms with Crippen molar-refractivity contribution in [1.29, 1.82) is 0 Å². The molecule has 2 saturated heterocycles. The number of piperidine rings is 2. The molecule has 0 saturated carbocycles. The zero-order chi connectivity index (χ0) is 18.7. The Morgan fingerprint density at radius 1 is 1.31 bits per heavy atom. The number of nitrogens with zero attached hydrogens (tertiary/aromatic N) is 3. The van der Waals surface area contributed by atoms with E-state index < -0.39 is 0 Å². The standard InChI is InChI=1S/C20H31N3O3/c1-16(24)17-11-18(21(2)12-17)13-22-8-4-6-20(14-22)7-5-19(25)23(15-20)9-10-26-3/h11-12H,4-10,13-15H2,1-3H3. The first kappa shape index (κ1) is 19.1. The van der Waals surface area contributed by atoms with Crippen LogP contribution >= 0.6 is 0 Å². The van der Waals surface area contributed by atoms with Crippen LogP contribution in [-0.2, 0) is 23.1 Å². The van der Waals surface area contributed by atoms with Crippen molar-refractivity contribution in [3.05, 3.63) is 23.5 Å². The Morgan fingerprint density at radius 3 is 2.81 bits per heavy atom. The van der Waals surface area contributed by atoms with Gasteiger partial charge in [-0.25, -0.2) is 0 Å². The van der Waals surface area contributed by atoms with Gasteiger partial charge in [-0.3, -0.25) is 14.5 Å². The van der Waals surface area contributed by atoms with Crippen LogP contribution in [0.25, 0.3) is 0 Å². The highest BCUT2D eigenvalue weighted by Gasteiger charge is 2.41. The first-order chi connectivity index (χ1) is 12.4. The van der Waals surface area contributed by atoms with Gasteiger partial charge in [0.1, 0.15) is 0 Å². The van der Waals surface area contributed by atoms with E-state index in [1.54, 1.807) is 14.0 Å². The number of aryl methyl sites for hydroxylation is 1. The molecule has 6 nitrogen and oxygen atoms in total. The monoisotopic (exact) mass is 361 g/mol. The van der Waals surface area contributed by atoms with E-state index in [4.69, 9.17) is 4.74 Å². The fourth-order valence-electron chi connectivity index (χ4n) is 4.47. The molecule has 0 bridgehead atoms. The molecule has 2 aliphatic rings. The summed E-state index contributed by atoms with van der Waals surface area (Å²) >= 11 is 0. The summed E-state index contributed by atoms with van der Waals surface area (Å²) in [6, 6.07) is 2.01. The zero-order valence-corrected chi connectivity index (χ0v) is 16.3. The van der Waals surface area contributed by atoms with Crippen molar-refractivity contribution in [3.8, 4) is 0 Å². The minimum atomic E-state index is 0.113. The number of ketones is 1. The molecule has 0 N–H and O–H groups in total. The van der Waals surface area contributed by atoms with Gasteiger partial charge in [0.15, 0.2) is 5.78 Å². The Kier molecular flexibility index (Phi) is 5.82. The van der Waals surface area contributed by atoms with E-state index in [2.05, 4.69) is 9.47 Å². The number of hydrogen-bond acceptors (Lipinski definition) is 4. The molecule has 1 unspecified atom stereocenters. The predicted molar refractivity (Wildman–Crippen MR) is 100 cm³/mol. The van der Waals surface area contributed by atoms with Crippen LogP contribution in [0, 0.1) is 5.41 Å². The number of aromatic nitrogens is 1. The predicted octanol–water partition coefficient (Wildman–Crippen LogP) is 2.08. The molecule has 6 heteroatoms. The lowest BCUT2D eigenvalue weighted by Crippen LogP contribution is -2.54. The second-order valence-electron chi connectivity index (χ2n) is 8.01. The van der Waals surface area contributed by atoms with Crippen molar-refractivity contribution in [2.75, 3.05) is 39.9 Å². The lowest BCUT2D eigenvalue weighted by atomic mass is 9.73. The topological polar surface area (TPSA) is 54.8 Å². The van der Waals surface area contributed by atoms with E-state index >= 15 is 0 Å². The van der Waals surface area contributed by atoms with Crippen molar-refractivity contribution < 1.29 is 14.3 Å². The fraction of sp³-hybridized carbons (Fsp3) is 0.700. The molecule has 1 atom stereocenters. The van der Waals surface area contributed by atoms with Gasteiger partial charge in [-0.15, -0.1) is 0 Å². The summed E-state index contributed by atoms with van der Waals surface area (Å²) in [6.45, 7) is 6.70. The molecule has 0 aliphatic carbocycles. The molecule has 1 aromatic rings. The third-order valence-corrected chi connectivity index (χ3v) is 5.95. The quantitative estimate of drug-likeness (QED) is 0.728. The highest BCUT2D eigenvalue weighted by molar-refractivity contribution is 5.94. The number of carbonyl (C=O) groups excluding carboxylic acids is 2. The molecule has 0 radical (unpaired) electrons. The maximum absolute atomic E-state index is 12.2. The largest absolute Gasteiger partial charge is 0.383 e. The highest BCUT2D eigenvalue weighted by Crippen LogP contribution is 2.39. The second kappa shape index (κ2) is 7.92. The summed E-state index contributed by atoms with van der Waals surface area (Å²) in [6.07, 6.45) is 5.90. The number of rotatable bonds is 6. The first-order valence-corrected chi connectivity index (χ1v) is 9.58. The van der Waals surface area contributed by atoms with Crippen LogP contribution in [0.2, 0.25) is 0 Å². The Morgan fingerprint density at radius 2 is 2.12 bits per heavy atom. The summed E-state index contributed by atoms with van der Waals surface area (Å²) in [5.41, 5.74) is 2.16. The van der Waals surface area contributed by atoms with Crippen LogP contribution < -0.4 is 0 Å². The molecule has 0 aromatic carbocycles. The highest BCUT2D eigenvalue weighted by atomic mass is 16.5. The summed E-state index contributed by atoms with van der Waals surface area (Å²) in [5, 5.41) is 0. The average molecular weight is 361 g/mol. The molecule has 2 aliphatic heterocycles. The Balaban J connectivity index is 1.67. The SMILES string of the molecule is COCCN1CC2(CCCN(Cc3cc(C(C)=O)cn3C)C2)CCC1=O. The molecular weight excluding hydrogens is 330 g/mol. The minimum absolute atomic E-state index is 0.113. The van der Waals surface area contributed by atoms with E-state index in [0.29, 0.717) is 19.6 Å². The number of likely N-dealkylation sites (tertiary alicyclic amines) is 2. The number of hydrogen-bond donors (Lipinski definition) is 0. The molecule has 1 aromatic heterocycles. The second-order valence-corrected chi connectivity index (χ2v) is 8.01. The minimum Gasteiger partial charge on any atom is -0.383 e. The zero-order valence-electron chi connectivity index (χ0n) is 16.3. The van der Waals surface area contributed by atoms with E-state index in [-0.39, 0.29) is 17.1 Å². The summed E-state index contributed by atoms with van der Waals surface area (Å²) in [5.74, 6) is 0.375. The lowest BCUT2D eigenvalue weighted by Gasteiger charge is -2.48. The smallest absolute Gasteiger partial charge is 0.222 e. The lowest BCUT2D eigenvalue weighted by molar-refractivity contribution is -0.140. The van der Waals surface area contributed by atoms with Gasteiger partial charge in [0.2, 0.25) is 5.91 Å². The van der Waals surface area contributed by atoms with Crippen LogP contribution in [0.1, 0.15) is 48.7 Å². The fourth-order valence-corrected chi connectivity index (χ4v) is 4.47. The van der Waals surface area contributed by atoms with Crippen molar-refractivity contribution in [2.24, 2.45) is 12.5 Å². The Bertz CT molecular complexity index is 669. The normalized spacial score (nSPS) is 24.4. The van der Waals surface area contributed by atoms with Crippen LogP contribution in [0.3, 0.4) is 0 Å². The molecular formula is C20H31N3O3. The van der Waals surface area contributed by atoms with E-state index in [0.717, 1.165) is 44.6 Å². The molecule has 1 amide bonds. The van der Waals surface area contributed by atoms with Crippen LogP contribution in [0.4, 0.5) is 0 Å². The van der Waals surface area contributed by atoms with Gasteiger partial charge < -0.3 is 14.2 Å². The van der Waals surface area contributed by atoms with E-state index in [9.17, 15) is 9.59 Å². The van der Waals surface area contributed by atoms with Gasteiger partial charge in [-0.1, -0.05) is 0 Å². The molecule has 144 valence electrons. The molecule has 3 rings (SSSR count). The summed E-state index contributed by atoms with van der Waals surface area (Å²) in [4.78, 5) is 28.3. The molecule has 2 fully saturated rings. The van der Waals surface area contributed by atoms with Crippen molar-refractivity contribution in [3.63, 3.8) is 0 Å². The molecule has 3 heterocycles. The van der Waals surface area contributed by atoms with E-state index in [1.165, 1.54) is 12.1 Å². The summed E-state index contributed by atoms with van der Waals surface area (Å²) in [7, 11) is 3.69. The molecule has 26 heavy (non-hydrogen) atoms. The van der Waals surface area contributed by atoms with Gasteiger partial charge in [0, 0.05) is 69.6 Å². The maximum Gasteiger partial charge on any atom is 0.222 e. The van der Waals surface area contributed by atoms with Crippen LogP contribution in [0.15, 0.2) is 12.3 Å². The maximum atomic E-state index is 12.2. The number of ether oxygens (including phenoxy) is 1. The van der Waals surface area contributed by atoms with Gasteiger partial charge in [-0.05, 0) is 38.8 Å². The van der Waals surface area contributed by atoms with Crippen molar-refractivity contribution >= 4 is 11.7 Å². The Hall–Kier alpha value is -1.66. The number of Topliss-reactive ketones (excluding diaryl/α,β-unsaturated/α-hetero) is 1. The van der Waals surface area contributed by atoms with Gasteiger partial charge >= 0.3 is 0 Å². The average Bonchev–Trinajstić information content (AvgIpc) is 2.97. The van der Waals surface area contributed by atoms with Gasteiger partial charge in [0.05, 0.1) is 6.61 Å². The van der Waals surface area contributed by atoms with Gasteiger partial charge in [-0.2, -0.15) is 0 Å². The van der Waals surface area contributed by atoms with Gasteiger partial charge in [0.25, 0.3) is 0 Å². The summed E-state index contributed by atoms with van der Waals surface area (Å²) < 4.78 is 7.23. The first-order valence-electron chi connectivity index (χ1n) is 9.58. The van der Waals surface area contributed by atoms with Crippen LogP contribution in [0.5, 0.6) is 0 Å². The van der Waals surface area contributed by atoms with Crippen molar-refractivity contribution in [2.45, 2.75) is 39.2 Å².